The number of nitrogens with zero attached hydrogens (tertiary/aromatic N) is 3. The van der Waals surface area contributed by atoms with Crippen LogP contribution >= 0.6 is 0 Å². The molecule has 5 heteroatoms. The average Bonchev–Trinajstić information content (AvgIpc) is 2.87. The maximum Gasteiger partial charge on any atom is 0.0710 e. The smallest absolute Gasteiger partial charge is 0.0710 e. The van der Waals surface area contributed by atoms with Gasteiger partial charge in [-0.3, -0.25) is 14.8 Å². The summed E-state index contributed by atoms with van der Waals surface area (Å²) in [6, 6.07) is 4.09. The first-order chi connectivity index (χ1) is 10.3. The van der Waals surface area contributed by atoms with Crippen LogP contribution in [-0.4, -0.2) is 78.5 Å². The van der Waals surface area contributed by atoms with Crippen molar-refractivity contribution < 1.29 is 9.84 Å². The quantitative estimate of drug-likeness (QED) is 0.843. The molecular weight excluding hydrogens is 266 g/mol. The third kappa shape index (κ3) is 4.23. The molecule has 0 aliphatic carbocycles. The van der Waals surface area contributed by atoms with Crippen molar-refractivity contribution in [2.24, 2.45) is 5.92 Å². The fraction of sp³-hybridized carbons (Fsp3) is 0.688. The number of β-amino-alcohol motifs (C(OH)–C–C–N with tert-alkyl or cyclic N) is 1. The van der Waals surface area contributed by atoms with Gasteiger partial charge in [0.15, 0.2) is 0 Å². The number of rotatable bonds is 5. The molecule has 116 valence electrons. The number of ether oxygens (including phenoxy) is 1. The molecule has 0 unspecified atom stereocenters. The minimum atomic E-state index is -0.206. The lowest BCUT2D eigenvalue weighted by atomic mass is 9.97. The Bertz CT molecular complexity index is 423. The van der Waals surface area contributed by atoms with Crippen molar-refractivity contribution in [3.05, 3.63) is 30.1 Å². The molecule has 1 aromatic rings. The molecule has 2 aliphatic rings. The molecule has 0 amide bonds. The Hall–Kier alpha value is -1.01. The number of pyridine rings is 1. The van der Waals surface area contributed by atoms with E-state index in [2.05, 4.69) is 14.8 Å². The van der Waals surface area contributed by atoms with Crippen molar-refractivity contribution in [3.8, 4) is 0 Å². The van der Waals surface area contributed by atoms with Crippen molar-refractivity contribution in [1.29, 1.82) is 0 Å². The molecule has 0 radical (unpaired) electrons. The van der Waals surface area contributed by atoms with Crippen molar-refractivity contribution in [2.75, 3.05) is 52.5 Å². The minimum Gasteiger partial charge on any atom is -0.391 e. The highest BCUT2D eigenvalue weighted by Gasteiger charge is 2.31. The Morgan fingerprint density at radius 1 is 1.10 bits per heavy atom. The first-order valence-corrected chi connectivity index (χ1v) is 7.90. The maximum absolute atomic E-state index is 10.3. The summed E-state index contributed by atoms with van der Waals surface area (Å²) in [6.07, 6.45) is 4.39. The third-order valence-corrected chi connectivity index (χ3v) is 4.57. The highest BCUT2D eigenvalue weighted by Crippen LogP contribution is 2.21. The summed E-state index contributed by atoms with van der Waals surface area (Å²) >= 11 is 0. The summed E-state index contributed by atoms with van der Waals surface area (Å²) in [4.78, 5) is 8.89. The van der Waals surface area contributed by atoms with E-state index in [0.29, 0.717) is 5.92 Å². The summed E-state index contributed by atoms with van der Waals surface area (Å²) in [6.45, 7) is 7.71. The lowest BCUT2D eigenvalue weighted by Gasteiger charge is -2.28. The summed E-state index contributed by atoms with van der Waals surface area (Å²) in [7, 11) is 0. The van der Waals surface area contributed by atoms with Gasteiger partial charge in [-0.15, -0.1) is 0 Å². The van der Waals surface area contributed by atoms with Crippen molar-refractivity contribution in [1.82, 2.24) is 14.8 Å². The van der Waals surface area contributed by atoms with Gasteiger partial charge in [-0.1, -0.05) is 0 Å². The van der Waals surface area contributed by atoms with Crippen molar-refractivity contribution in [2.45, 2.75) is 12.5 Å². The fourth-order valence-electron chi connectivity index (χ4n) is 3.25. The summed E-state index contributed by atoms with van der Waals surface area (Å²) < 4.78 is 5.37. The molecule has 2 atom stereocenters. The normalized spacial score (nSPS) is 28.0. The zero-order chi connectivity index (χ0) is 14.5. The number of hydrogen-bond acceptors (Lipinski definition) is 5. The molecule has 0 spiro atoms. The molecule has 2 saturated heterocycles. The summed E-state index contributed by atoms with van der Waals surface area (Å²) in [5.74, 6) is 0.345. The third-order valence-electron chi connectivity index (χ3n) is 4.57. The van der Waals surface area contributed by atoms with E-state index < -0.39 is 0 Å². The van der Waals surface area contributed by atoms with E-state index >= 15 is 0 Å². The van der Waals surface area contributed by atoms with Gasteiger partial charge in [0, 0.05) is 57.6 Å². The number of likely N-dealkylation sites (tertiary alicyclic amines) is 1. The minimum absolute atomic E-state index is 0.206. The number of aromatic nitrogens is 1. The topological polar surface area (TPSA) is 48.8 Å². The van der Waals surface area contributed by atoms with Gasteiger partial charge in [-0.2, -0.15) is 0 Å². The van der Waals surface area contributed by atoms with E-state index in [9.17, 15) is 5.11 Å². The predicted octanol–water partition coefficient (Wildman–Crippen LogP) is 0.249. The van der Waals surface area contributed by atoms with Crippen molar-refractivity contribution >= 4 is 0 Å². The zero-order valence-corrected chi connectivity index (χ0v) is 12.5. The molecule has 0 saturated carbocycles. The van der Waals surface area contributed by atoms with Crippen LogP contribution in [0.3, 0.4) is 0 Å². The largest absolute Gasteiger partial charge is 0.391 e. The van der Waals surface area contributed by atoms with E-state index in [1.54, 1.807) is 0 Å². The second-order valence-electron chi connectivity index (χ2n) is 6.10. The van der Waals surface area contributed by atoms with Gasteiger partial charge in [0.05, 0.1) is 19.3 Å². The number of hydrogen-bond donors (Lipinski definition) is 1. The number of morpholine rings is 1. The molecule has 2 fully saturated rings. The molecular formula is C16H25N3O2. The van der Waals surface area contributed by atoms with Gasteiger partial charge in [0.2, 0.25) is 0 Å². The molecule has 3 heterocycles. The first kappa shape index (κ1) is 14.9. The van der Waals surface area contributed by atoms with E-state index in [1.807, 2.05) is 24.5 Å². The Balaban J connectivity index is 1.44. The van der Waals surface area contributed by atoms with Gasteiger partial charge in [-0.05, 0) is 24.1 Å². The molecule has 1 aromatic heterocycles. The van der Waals surface area contributed by atoms with Crippen LogP contribution in [0.2, 0.25) is 0 Å². The van der Waals surface area contributed by atoms with E-state index in [4.69, 9.17) is 4.74 Å². The van der Waals surface area contributed by atoms with Gasteiger partial charge < -0.3 is 9.84 Å². The Morgan fingerprint density at radius 2 is 1.81 bits per heavy atom. The highest BCUT2D eigenvalue weighted by atomic mass is 16.5. The SMILES string of the molecule is O[C@H]1CN(CCN2CCOCC2)C[C@H]1Cc1ccncc1. The van der Waals surface area contributed by atoms with E-state index in [1.165, 1.54) is 5.56 Å². The maximum atomic E-state index is 10.3. The summed E-state index contributed by atoms with van der Waals surface area (Å²) in [5.41, 5.74) is 1.27. The lowest BCUT2D eigenvalue weighted by molar-refractivity contribution is 0.0338. The zero-order valence-electron chi connectivity index (χ0n) is 12.5. The van der Waals surface area contributed by atoms with Crippen LogP contribution in [0, 0.1) is 5.92 Å². The van der Waals surface area contributed by atoms with E-state index in [0.717, 1.165) is 58.9 Å². The monoisotopic (exact) mass is 291 g/mol. The lowest BCUT2D eigenvalue weighted by Crippen LogP contribution is -2.41. The standard InChI is InChI=1S/C16H25N3O2/c20-16-13-19(6-5-18-7-9-21-10-8-18)12-15(16)11-14-1-3-17-4-2-14/h1-4,15-16,20H,5-13H2/t15-,16+/m1/s1. The second kappa shape index (κ2) is 7.31. The number of aliphatic hydroxyl groups excluding tert-OH is 1. The van der Waals surface area contributed by atoms with Crippen LogP contribution < -0.4 is 0 Å². The summed E-state index contributed by atoms with van der Waals surface area (Å²) in [5, 5.41) is 10.3. The molecule has 5 nitrogen and oxygen atoms in total. The Labute approximate surface area is 126 Å². The number of aliphatic hydroxyl groups is 1. The predicted molar refractivity (Wildman–Crippen MR) is 81.1 cm³/mol. The molecule has 0 aromatic carbocycles. The van der Waals surface area contributed by atoms with Gasteiger partial charge in [0.1, 0.15) is 0 Å². The first-order valence-electron chi connectivity index (χ1n) is 7.90. The Morgan fingerprint density at radius 3 is 2.57 bits per heavy atom. The second-order valence-corrected chi connectivity index (χ2v) is 6.10. The van der Waals surface area contributed by atoms with Gasteiger partial charge in [0.25, 0.3) is 0 Å². The van der Waals surface area contributed by atoms with Crippen LogP contribution in [0.4, 0.5) is 0 Å². The van der Waals surface area contributed by atoms with Crippen LogP contribution in [0.1, 0.15) is 5.56 Å². The molecule has 3 rings (SSSR count). The van der Waals surface area contributed by atoms with Crippen LogP contribution in [0.15, 0.2) is 24.5 Å². The molecule has 1 N–H and O–H groups in total. The Kier molecular flexibility index (Phi) is 5.19. The fourth-order valence-corrected chi connectivity index (χ4v) is 3.25. The van der Waals surface area contributed by atoms with Crippen LogP contribution in [0.25, 0.3) is 0 Å². The molecule has 21 heavy (non-hydrogen) atoms. The van der Waals surface area contributed by atoms with Crippen molar-refractivity contribution in [3.63, 3.8) is 0 Å². The van der Waals surface area contributed by atoms with Crippen LogP contribution in [-0.2, 0) is 11.2 Å². The highest BCUT2D eigenvalue weighted by molar-refractivity contribution is 5.11. The molecule has 2 aliphatic heterocycles. The molecule has 0 bridgehead atoms. The average molecular weight is 291 g/mol. The van der Waals surface area contributed by atoms with E-state index in [-0.39, 0.29) is 6.10 Å². The van der Waals surface area contributed by atoms with Crippen LogP contribution in [0.5, 0.6) is 0 Å². The van der Waals surface area contributed by atoms with Gasteiger partial charge in [-0.25, -0.2) is 0 Å². The van der Waals surface area contributed by atoms with Gasteiger partial charge >= 0.3 is 0 Å².